The van der Waals surface area contributed by atoms with Gasteiger partial charge in [0.05, 0.1) is 16.8 Å². The van der Waals surface area contributed by atoms with Crippen molar-refractivity contribution in [3.05, 3.63) is 39.5 Å². The molecule has 1 unspecified atom stereocenters. The van der Waals surface area contributed by atoms with Crippen molar-refractivity contribution in [2.45, 2.75) is 45.7 Å². The standard InChI is InChI=1S/C26H35N3O4S/c1-5-7-13-29-20-11-9-8-10-19(20)23-21(25(29)30)22(33-16-15-32-6-2)24(34-23)26(31)28(4)18-12-14-27(3)17-18/h8-11,18H,5-7,12-17H2,1-4H3. The molecule has 3 heterocycles. The molecule has 8 heteroatoms. The van der Waals surface area contributed by atoms with Crippen LogP contribution in [-0.2, 0) is 11.3 Å². The van der Waals surface area contributed by atoms with Crippen molar-refractivity contribution < 1.29 is 14.3 Å². The molecule has 1 aromatic carbocycles. The van der Waals surface area contributed by atoms with Crippen molar-refractivity contribution in [3.8, 4) is 5.75 Å². The van der Waals surface area contributed by atoms with Gasteiger partial charge in [0, 0.05) is 38.2 Å². The smallest absolute Gasteiger partial charge is 0.267 e. The van der Waals surface area contributed by atoms with Crippen molar-refractivity contribution in [3.63, 3.8) is 0 Å². The molecule has 7 nitrogen and oxygen atoms in total. The van der Waals surface area contributed by atoms with Gasteiger partial charge in [0.15, 0.2) is 5.75 Å². The second-order valence-electron chi connectivity index (χ2n) is 8.96. The topological polar surface area (TPSA) is 64.0 Å². The first-order valence-corrected chi connectivity index (χ1v) is 13.0. The number of likely N-dealkylation sites (tertiary alicyclic amines) is 1. The molecule has 0 N–H and O–H groups in total. The fourth-order valence-electron chi connectivity index (χ4n) is 4.66. The molecule has 0 aliphatic carbocycles. The third kappa shape index (κ3) is 4.72. The second-order valence-corrected chi connectivity index (χ2v) is 9.98. The molecule has 1 amide bonds. The third-order valence-corrected chi connectivity index (χ3v) is 7.80. The normalized spacial score (nSPS) is 16.5. The van der Waals surface area contributed by atoms with E-state index in [1.807, 2.05) is 47.7 Å². The van der Waals surface area contributed by atoms with Crippen molar-refractivity contribution >= 4 is 38.2 Å². The number of unbranched alkanes of at least 4 members (excludes halogenated alkanes) is 1. The van der Waals surface area contributed by atoms with Gasteiger partial charge in [-0.15, -0.1) is 11.3 Å². The Bertz CT molecular complexity index is 1220. The van der Waals surface area contributed by atoms with Crippen LogP contribution in [0.5, 0.6) is 5.75 Å². The van der Waals surface area contributed by atoms with Gasteiger partial charge in [-0.1, -0.05) is 31.5 Å². The maximum absolute atomic E-state index is 13.8. The molecule has 1 aliphatic rings. The van der Waals surface area contributed by atoms with E-state index in [4.69, 9.17) is 9.47 Å². The molecule has 0 spiro atoms. The van der Waals surface area contributed by atoms with Crippen LogP contribution in [0.1, 0.15) is 42.8 Å². The highest BCUT2D eigenvalue weighted by atomic mass is 32.1. The molecule has 4 rings (SSSR count). The summed E-state index contributed by atoms with van der Waals surface area (Å²) in [5.74, 6) is 0.320. The zero-order valence-electron chi connectivity index (χ0n) is 20.6. The minimum Gasteiger partial charge on any atom is -0.489 e. The number of amides is 1. The zero-order chi connectivity index (χ0) is 24.2. The molecule has 34 heavy (non-hydrogen) atoms. The summed E-state index contributed by atoms with van der Waals surface area (Å²) in [6, 6.07) is 8.11. The Kier molecular flexibility index (Phi) is 7.91. The number of ether oxygens (including phenoxy) is 2. The average molecular weight is 486 g/mol. The highest BCUT2D eigenvalue weighted by Gasteiger charge is 2.32. The monoisotopic (exact) mass is 485 g/mol. The number of hydrogen-bond donors (Lipinski definition) is 0. The number of rotatable bonds is 10. The summed E-state index contributed by atoms with van der Waals surface area (Å²) in [4.78, 5) is 32.1. The van der Waals surface area contributed by atoms with Crippen LogP contribution in [0, 0.1) is 0 Å². The van der Waals surface area contributed by atoms with E-state index in [2.05, 4.69) is 18.9 Å². The minimum atomic E-state index is -0.0906. The zero-order valence-corrected chi connectivity index (χ0v) is 21.5. The quantitative estimate of drug-likeness (QED) is 0.403. The van der Waals surface area contributed by atoms with Crippen LogP contribution in [-0.4, -0.2) is 73.3 Å². The van der Waals surface area contributed by atoms with Crippen molar-refractivity contribution in [2.75, 3.05) is 47.0 Å². The number of fused-ring (bicyclic) bond motifs is 3. The van der Waals surface area contributed by atoms with Crippen LogP contribution in [0.25, 0.3) is 21.0 Å². The lowest BCUT2D eigenvalue weighted by molar-refractivity contribution is 0.0733. The molecule has 1 fully saturated rings. The first-order valence-electron chi connectivity index (χ1n) is 12.2. The predicted molar refractivity (Wildman–Crippen MR) is 138 cm³/mol. The third-order valence-electron chi connectivity index (χ3n) is 6.61. The number of likely N-dealkylation sites (N-methyl/N-ethyl adjacent to an activating group) is 2. The molecular formula is C26H35N3O4S. The van der Waals surface area contributed by atoms with Gasteiger partial charge in [0.2, 0.25) is 0 Å². The Balaban J connectivity index is 1.87. The summed E-state index contributed by atoms with van der Waals surface area (Å²) < 4.78 is 14.3. The van der Waals surface area contributed by atoms with Gasteiger partial charge in [-0.05, 0) is 39.4 Å². The maximum atomic E-state index is 13.8. The summed E-state index contributed by atoms with van der Waals surface area (Å²) in [5, 5.41) is 1.49. The number of pyridine rings is 1. The molecule has 0 saturated carbocycles. The predicted octanol–water partition coefficient (Wildman–Crippen LogP) is 4.21. The van der Waals surface area contributed by atoms with E-state index in [1.54, 1.807) is 0 Å². The Labute approximate surface area is 204 Å². The van der Waals surface area contributed by atoms with Gasteiger partial charge in [-0.25, -0.2) is 0 Å². The van der Waals surface area contributed by atoms with Crippen LogP contribution >= 0.6 is 11.3 Å². The highest BCUT2D eigenvalue weighted by molar-refractivity contribution is 7.22. The minimum absolute atomic E-state index is 0.0866. The molecule has 2 aromatic heterocycles. The van der Waals surface area contributed by atoms with Gasteiger partial charge in [-0.3, -0.25) is 9.59 Å². The number of aryl methyl sites for hydroxylation is 1. The summed E-state index contributed by atoms with van der Waals surface area (Å²) in [6.45, 7) is 7.79. The number of nitrogens with zero attached hydrogens (tertiary/aromatic N) is 3. The van der Waals surface area contributed by atoms with Crippen molar-refractivity contribution in [1.82, 2.24) is 14.4 Å². The molecular weight excluding hydrogens is 450 g/mol. The van der Waals surface area contributed by atoms with Gasteiger partial charge in [0.25, 0.3) is 11.5 Å². The van der Waals surface area contributed by atoms with Crippen LogP contribution in [0.4, 0.5) is 0 Å². The fourth-order valence-corrected chi connectivity index (χ4v) is 5.92. The lowest BCUT2D eigenvalue weighted by Crippen LogP contribution is -2.38. The molecule has 0 bridgehead atoms. The fraction of sp³-hybridized carbons (Fsp3) is 0.538. The second kappa shape index (κ2) is 10.9. The van der Waals surface area contributed by atoms with Crippen LogP contribution in [0.3, 0.4) is 0 Å². The Hall–Kier alpha value is -2.42. The first-order chi connectivity index (χ1) is 16.5. The summed E-state index contributed by atoms with van der Waals surface area (Å²) in [6.07, 6.45) is 2.84. The van der Waals surface area contributed by atoms with E-state index < -0.39 is 0 Å². The summed E-state index contributed by atoms with van der Waals surface area (Å²) in [5.41, 5.74) is 0.812. The number of carbonyl (C=O) groups is 1. The maximum Gasteiger partial charge on any atom is 0.267 e. The summed E-state index contributed by atoms with van der Waals surface area (Å²) in [7, 11) is 3.93. The van der Waals surface area contributed by atoms with Crippen LogP contribution < -0.4 is 10.3 Å². The van der Waals surface area contributed by atoms with Gasteiger partial charge < -0.3 is 23.8 Å². The highest BCUT2D eigenvalue weighted by Crippen LogP contribution is 2.40. The van der Waals surface area contributed by atoms with E-state index in [0.717, 1.165) is 48.0 Å². The molecule has 1 atom stereocenters. The number of thiophene rings is 1. The first kappa shape index (κ1) is 24.7. The Morgan fingerprint density at radius 3 is 2.74 bits per heavy atom. The van der Waals surface area contributed by atoms with E-state index in [-0.39, 0.29) is 24.1 Å². The van der Waals surface area contributed by atoms with Crippen molar-refractivity contribution in [2.24, 2.45) is 0 Å². The van der Waals surface area contributed by atoms with E-state index in [0.29, 0.717) is 35.8 Å². The van der Waals surface area contributed by atoms with Gasteiger partial charge >= 0.3 is 0 Å². The lowest BCUT2D eigenvalue weighted by atomic mass is 10.1. The molecule has 1 saturated heterocycles. The molecule has 3 aromatic rings. The molecule has 0 radical (unpaired) electrons. The van der Waals surface area contributed by atoms with Gasteiger partial charge in [-0.2, -0.15) is 0 Å². The van der Waals surface area contributed by atoms with E-state index in [9.17, 15) is 9.59 Å². The molecule has 1 aliphatic heterocycles. The lowest BCUT2D eigenvalue weighted by Gasteiger charge is -2.24. The number of carbonyl (C=O) groups excluding carboxylic acids is 1. The largest absolute Gasteiger partial charge is 0.489 e. The van der Waals surface area contributed by atoms with E-state index >= 15 is 0 Å². The SMILES string of the molecule is CCCCn1c(=O)c2c(OCCOCC)c(C(=O)N(C)C3CCN(C)C3)sc2c2ccccc21. The van der Waals surface area contributed by atoms with Crippen LogP contribution in [0.15, 0.2) is 29.1 Å². The number of aromatic nitrogens is 1. The number of para-hydroxylation sites is 1. The van der Waals surface area contributed by atoms with E-state index in [1.165, 1.54) is 11.3 Å². The summed E-state index contributed by atoms with van der Waals surface area (Å²) >= 11 is 1.38. The number of benzene rings is 1. The Morgan fingerprint density at radius 1 is 1.24 bits per heavy atom. The van der Waals surface area contributed by atoms with Crippen LogP contribution in [0.2, 0.25) is 0 Å². The Morgan fingerprint density at radius 2 is 2.03 bits per heavy atom. The van der Waals surface area contributed by atoms with Crippen molar-refractivity contribution in [1.29, 1.82) is 0 Å². The number of hydrogen-bond acceptors (Lipinski definition) is 6. The molecule has 184 valence electrons. The average Bonchev–Trinajstić information content (AvgIpc) is 3.45. The van der Waals surface area contributed by atoms with Gasteiger partial charge in [0.1, 0.15) is 16.9 Å².